The molecule has 0 spiro atoms. The molecule has 4 heterocycles. The fourth-order valence-corrected chi connectivity index (χ4v) is 12.3. The number of likely N-dealkylation sites (N-methyl/N-ethyl adjacent to an activating group) is 1. The van der Waals surface area contributed by atoms with Crippen LogP contribution < -0.4 is 15.8 Å². The van der Waals surface area contributed by atoms with Gasteiger partial charge in [-0.3, -0.25) is 9.36 Å². The first-order chi connectivity index (χ1) is 20.6. The predicted octanol–water partition coefficient (Wildman–Crippen LogP) is 5.89. The zero-order valence-corrected chi connectivity index (χ0v) is 28.0. The third-order valence-electron chi connectivity index (χ3n) is 9.58. The van der Waals surface area contributed by atoms with E-state index in [2.05, 4.69) is 99.4 Å². The molecule has 2 aromatic heterocycles. The molecule has 1 atom stereocenters. The Labute approximate surface area is 257 Å². The molecule has 3 aromatic rings. The first kappa shape index (κ1) is 31.2. The second-order valence-electron chi connectivity index (χ2n) is 13.3. The second kappa shape index (κ2) is 13.2. The molecule has 43 heavy (non-hydrogen) atoms. The fraction of sp³-hybridized carbons (Fsp3) is 0.559. The summed E-state index contributed by atoms with van der Waals surface area (Å²) in [6.07, 6.45) is 2.77. The Morgan fingerprint density at radius 1 is 1.02 bits per heavy atom. The molecule has 0 amide bonds. The highest BCUT2D eigenvalue weighted by molar-refractivity contribution is 6.90. The van der Waals surface area contributed by atoms with Crippen LogP contribution in [0.5, 0.6) is 0 Å². The first-order valence-electron chi connectivity index (χ1n) is 15.9. The standard InChI is InChI=1S/C34H48N6O2Si/c1-24(2)43(25(3)4,26(5)6)19-13-28-20-32(41)40(22-27-12-18-42-23-27)33-31(28)21-35-34(37-33)36-29-8-10-30(11-9-29)39-16-14-38(7)15-17-39/h8-11,20-21,24-27H,12,14-18,22-23H2,1-7H3,(H,35,36,37). The van der Waals surface area contributed by atoms with Crippen molar-refractivity contribution in [3.05, 3.63) is 52.4 Å². The van der Waals surface area contributed by atoms with Crippen molar-refractivity contribution in [2.24, 2.45) is 5.92 Å². The summed E-state index contributed by atoms with van der Waals surface area (Å²) < 4.78 is 7.42. The number of hydrogen-bond donors (Lipinski definition) is 1. The van der Waals surface area contributed by atoms with Crippen molar-refractivity contribution in [2.75, 3.05) is 56.7 Å². The Balaban J connectivity index is 1.51. The Hall–Kier alpha value is -3.19. The highest BCUT2D eigenvalue weighted by Gasteiger charge is 2.41. The summed E-state index contributed by atoms with van der Waals surface area (Å²) in [5.41, 5.74) is 8.71. The highest BCUT2D eigenvalue weighted by Crippen LogP contribution is 2.41. The van der Waals surface area contributed by atoms with Gasteiger partial charge >= 0.3 is 0 Å². The lowest BCUT2D eigenvalue weighted by Crippen LogP contribution is -2.44. The number of nitrogens with one attached hydrogen (secondary N) is 1. The average Bonchev–Trinajstić information content (AvgIpc) is 3.49. The lowest BCUT2D eigenvalue weighted by atomic mass is 10.1. The monoisotopic (exact) mass is 600 g/mol. The van der Waals surface area contributed by atoms with Crippen LogP contribution in [0.1, 0.15) is 53.5 Å². The van der Waals surface area contributed by atoms with E-state index < -0.39 is 8.07 Å². The molecule has 2 aliphatic rings. The summed E-state index contributed by atoms with van der Waals surface area (Å²) >= 11 is 0. The molecule has 230 valence electrons. The van der Waals surface area contributed by atoms with Crippen molar-refractivity contribution >= 4 is 36.4 Å². The van der Waals surface area contributed by atoms with Gasteiger partial charge in [-0.25, -0.2) is 4.98 Å². The van der Waals surface area contributed by atoms with E-state index >= 15 is 0 Å². The third-order valence-corrected chi connectivity index (χ3v) is 15.9. The predicted molar refractivity (Wildman–Crippen MR) is 180 cm³/mol. The summed E-state index contributed by atoms with van der Waals surface area (Å²) in [6.45, 7) is 20.0. The van der Waals surface area contributed by atoms with E-state index in [1.165, 1.54) is 5.69 Å². The summed E-state index contributed by atoms with van der Waals surface area (Å²) in [4.78, 5) is 28.0. The smallest absolute Gasteiger partial charge is 0.253 e. The molecule has 8 nitrogen and oxygen atoms in total. The lowest BCUT2D eigenvalue weighted by molar-refractivity contribution is 0.182. The first-order valence-corrected chi connectivity index (χ1v) is 18.1. The molecule has 2 fully saturated rings. The normalized spacial score (nSPS) is 18.1. The Morgan fingerprint density at radius 2 is 1.70 bits per heavy atom. The molecular weight excluding hydrogens is 553 g/mol. The molecule has 2 saturated heterocycles. The van der Waals surface area contributed by atoms with Crippen molar-refractivity contribution < 1.29 is 4.74 Å². The topological polar surface area (TPSA) is 75.5 Å². The highest BCUT2D eigenvalue weighted by atomic mass is 28.3. The maximum Gasteiger partial charge on any atom is 0.253 e. The number of fused-ring (bicyclic) bond motifs is 1. The van der Waals surface area contributed by atoms with Gasteiger partial charge < -0.3 is 19.9 Å². The van der Waals surface area contributed by atoms with Gasteiger partial charge in [0.25, 0.3) is 5.56 Å². The van der Waals surface area contributed by atoms with Gasteiger partial charge in [0.15, 0.2) is 0 Å². The largest absolute Gasteiger partial charge is 0.381 e. The van der Waals surface area contributed by atoms with E-state index in [-0.39, 0.29) is 11.5 Å². The number of hydrogen-bond acceptors (Lipinski definition) is 7. The van der Waals surface area contributed by atoms with Gasteiger partial charge in [0, 0.05) is 74.5 Å². The minimum Gasteiger partial charge on any atom is -0.381 e. The number of pyridine rings is 1. The lowest BCUT2D eigenvalue weighted by Gasteiger charge is -2.38. The van der Waals surface area contributed by atoms with Gasteiger partial charge in [-0.2, -0.15) is 4.98 Å². The number of rotatable bonds is 8. The minimum atomic E-state index is -1.99. The van der Waals surface area contributed by atoms with Crippen LogP contribution in [0.25, 0.3) is 11.0 Å². The second-order valence-corrected chi connectivity index (χ2v) is 18.9. The van der Waals surface area contributed by atoms with Crippen LogP contribution in [0.15, 0.2) is 41.3 Å². The average molecular weight is 601 g/mol. The van der Waals surface area contributed by atoms with Crippen LogP contribution in [-0.2, 0) is 11.3 Å². The number of ether oxygens (including phenoxy) is 1. The molecule has 1 aromatic carbocycles. The van der Waals surface area contributed by atoms with E-state index in [1.807, 2.05) is 6.20 Å². The maximum atomic E-state index is 13.6. The van der Waals surface area contributed by atoms with Crippen molar-refractivity contribution in [3.8, 4) is 11.5 Å². The van der Waals surface area contributed by atoms with E-state index in [0.717, 1.165) is 55.8 Å². The van der Waals surface area contributed by atoms with Crippen LogP contribution in [0.2, 0.25) is 16.6 Å². The summed E-state index contributed by atoms with van der Waals surface area (Å²) in [5, 5.41) is 4.20. The van der Waals surface area contributed by atoms with Gasteiger partial charge in [0.05, 0.1) is 12.0 Å². The molecular formula is C34H48N6O2Si. The van der Waals surface area contributed by atoms with Gasteiger partial charge in [-0.1, -0.05) is 47.5 Å². The molecule has 0 aliphatic carbocycles. The van der Waals surface area contributed by atoms with E-state index in [4.69, 9.17) is 14.7 Å². The number of piperazine rings is 1. The van der Waals surface area contributed by atoms with Crippen LogP contribution in [-0.4, -0.2) is 73.9 Å². The van der Waals surface area contributed by atoms with Gasteiger partial charge in [-0.15, -0.1) is 5.54 Å². The minimum absolute atomic E-state index is 0.0733. The van der Waals surface area contributed by atoms with Crippen molar-refractivity contribution in [1.82, 2.24) is 19.4 Å². The van der Waals surface area contributed by atoms with E-state index in [0.29, 0.717) is 41.4 Å². The zero-order valence-electron chi connectivity index (χ0n) is 27.0. The molecule has 0 saturated carbocycles. The molecule has 1 unspecified atom stereocenters. The third kappa shape index (κ3) is 6.67. The van der Waals surface area contributed by atoms with Crippen molar-refractivity contribution in [1.29, 1.82) is 0 Å². The van der Waals surface area contributed by atoms with Gasteiger partial charge in [0.2, 0.25) is 5.95 Å². The molecule has 1 N–H and O–H groups in total. The quantitative estimate of drug-likeness (QED) is 0.255. The Kier molecular flexibility index (Phi) is 9.59. The van der Waals surface area contributed by atoms with Crippen LogP contribution >= 0.6 is 0 Å². The Morgan fingerprint density at radius 3 is 2.30 bits per heavy atom. The molecule has 9 heteroatoms. The summed E-state index contributed by atoms with van der Waals surface area (Å²) in [5.74, 6) is 4.26. The fourth-order valence-electron chi connectivity index (χ4n) is 7.04. The zero-order chi connectivity index (χ0) is 30.7. The van der Waals surface area contributed by atoms with Crippen LogP contribution in [0.4, 0.5) is 17.3 Å². The van der Waals surface area contributed by atoms with Crippen molar-refractivity contribution in [2.45, 2.75) is 71.1 Å². The molecule has 5 rings (SSSR count). The van der Waals surface area contributed by atoms with Crippen molar-refractivity contribution in [3.63, 3.8) is 0 Å². The van der Waals surface area contributed by atoms with Gasteiger partial charge in [-0.05, 0) is 54.4 Å². The van der Waals surface area contributed by atoms with Crippen LogP contribution in [0, 0.1) is 17.4 Å². The van der Waals surface area contributed by atoms with E-state index in [1.54, 1.807) is 10.6 Å². The number of aromatic nitrogens is 3. The van der Waals surface area contributed by atoms with E-state index in [9.17, 15) is 4.79 Å². The maximum absolute atomic E-state index is 13.6. The summed E-state index contributed by atoms with van der Waals surface area (Å²) in [7, 11) is 0.183. The molecule has 2 aliphatic heterocycles. The molecule has 0 bridgehead atoms. The number of benzene rings is 1. The SMILES string of the molecule is CC(C)[Si](C#Cc1cc(=O)n(CC2CCOC2)c2nc(Nc3ccc(N4CCN(C)CC4)cc3)ncc12)(C(C)C)C(C)C. The number of anilines is 3. The number of nitrogens with zero attached hydrogens (tertiary/aromatic N) is 5. The van der Waals surface area contributed by atoms with Crippen LogP contribution in [0.3, 0.4) is 0 Å². The summed E-state index contributed by atoms with van der Waals surface area (Å²) in [6, 6.07) is 10.1. The molecule has 0 radical (unpaired) electrons. The Bertz CT molecular complexity index is 1500. The van der Waals surface area contributed by atoms with Gasteiger partial charge in [0.1, 0.15) is 13.7 Å².